The van der Waals surface area contributed by atoms with Crippen molar-refractivity contribution < 1.29 is 14.3 Å². The van der Waals surface area contributed by atoms with E-state index in [1.807, 2.05) is 24.3 Å². The van der Waals surface area contributed by atoms with Crippen molar-refractivity contribution in [3.05, 3.63) is 29.8 Å². The molecule has 6 nitrogen and oxygen atoms in total. The van der Waals surface area contributed by atoms with E-state index in [1.54, 1.807) is 4.90 Å². The zero-order valence-electron chi connectivity index (χ0n) is 15.6. The molecule has 0 spiro atoms. The molecule has 0 radical (unpaired) electrons. The van der Waals surface area contributed by atoms with E-state index < -0.39 is 5.92 Å². The van der Waals surface area contributed by atoms with Gasteiger partial charge in [0.1, 0.15) is 5.92 Å². The van der Waals surface area contributed by atoms with Gasteiger partial charge in [0.15, 0.2) is 0 Å². The highest BCUT2D eigenvalue weighted by molar-refractivity contribution is 6.09. The van der Waals surface area contributed by atoms with Crippen LogP contribution in [0.3, 0.4) is 0 Å². The summed E-state index contributed by atoms with van der Waals surface area (Å²) in [5.74, 6) is -0.770. The number of carbonyl (C=O) groups excluding carboxylic acids is 2. The first kappa shape index (κ1) is 18.9. The molecule has 0 saturated carbocycles. The summed E-state index contributed by atoms with van der Waals surface area (Å²) in [6.07, 6.45) is 2.46. The summed E-state index contributed by atoms with van der Waals surface area (Å²) in [6.45, 7) is 7.78. The van der Waals surface area contributed by atoms with Crippen molar-refractivity contribution >= 4 is 17.5 Å². The fourth-order valence-corrected chi connectivity index (χ4v) is 3.55. The Morgan fingerprint density at radius 2 is 1.92 bits per heavy atom. The molecular formula is C20H29N3O3. The molecule has 2 heterocycles. The molecule has 6 heteroatoms. The Balaban J connectivity index is 1.43. The van der Waals surface area contributed by atoms with Crippen molar-refractivity contribution in [2.24, 2.45) is 5.92 Å². The molecule has 0 unspecified atom stereocenters. The van der Waals surface area contributed by atoms with Gasteiger partial charge < -0.3 is 15.0 Å². The quantitative estimate of drug-likeness (QED) is 0.591. The molecule has 1 aromatic rings. The fourth-order valence-electron chi connectivity index (χ4n) is 3.55. The van der Waals surface area contributed by atoms with E-state index in [9.17, 15) is 9.59 Å². The van der Waals surface area contributed by atoms with E-state index in [1.165, 1.54) is 5.56 Å². The molecule has 2 amide bonds. The highest BCUT2D eigenvalue weighted by Gasteiger charge is 2.37. The maximum atomic E-state index is 12.6. The molecule has 0 aromatic heterocycles. The zero-order chi connectivity index (χ0) is 18.4. The molecule has 3 rings (SSSR count). The molecule has 0 aliphatic carbocycles. The van der Waals surface area contributed by atoms with E-state index in [-0.39, 0.29) is 11.8 Å². The van der Waals surface area contributed by atoms with Gasteiger partial charge in [0.25, 0.3) is 0 Å². The lowest BCUT2D eigenvalue weighted by molar-refractivity contribution is -0.132. The summed E-state index contributed by atoms with van der Waals surface area (Å²) in [4.78, 5) is 29.1. The van der Waals surface area contributed by atoms with Gasteiger partial charge in [0.05, 0.1) is 13.2 Å². The fraction of sp³-hybridized carbons (Fsp3) is 0.600. The van der Waals surface area contributed by atoms with Crippen LogP contribution in [0.15, 0.2) is 24.3 Å². The molecule has 0 bridgehead atoms. The summed E-state index contributed by atoms with van der Waals surface area (Å²) >= 11 is 0. The van der Waals surface area contributed by atoms with E-state index in [4.69, 9.17) is 4.74 Å². The normalized spacial score (nSPS) is 21.2. The summed E-state index contributed by atoms with van der Waals surface area (Å²) in [5.41, 5.74) is 2.13. The number of amides is 2. The lowest BCUT2D eigenvalue weighted by Gasteiger charge is -2.26. The van der Waals surface area contributed by atoms with Crippen LogP contribution >= 0.6 is 0 Å². The van der Waals surface area contributed by atoms with Crippen LogP contribution in [0.5, 0.6) is 0 Å². The van der Waals surface area contributed by atoms with Crippen LogP contribution < -0.4 is 10.2 Å². The first-order valence-electron chi connectivity index (χ1n) is 9.67. The number of aryl methyl sites for hydroxylation is 1. The van der Waals surface area contributed by atoms with Crippen molar-refractivity contribution in [3.63, 3.8) is 0 Å². The van der Waals surface area contributed by atoms with Gasteiger partial charge in [0, 0.05) is 31.9 Å². The first-order chi connectivity index (χ1) is 12.7. The van der Waals surface area contributed by atoms with Crippen LogP contribution in [0.4, 0.5) is 5.69 Å². The van der Waals surface area contributed by atoms with Gasteiger partial charge >= 0.3 is 0 Å². The van der Waals surface area contributed by atoms with E-state index in [2.05, 4.69) is 17.1 Å². The largest absolute Gasteiger partial charge is 0.379 e. The maximum Gasteiger partial charge on any atom is 0.239 e. The highest BCUT2D eigenvalue weighted by atomic mass is 16.5. The number of hydrogen-bond donors (Lipinski definition) is 1. The van der Waals surface area contributed by atoms with Crippen LogP contribution in [0, 0.1) is 5.92 Å². The van der Waals surface area contributed by atoms with E-state index >= 15 is 0 Å². The monoisotopic (exact) mass is 359 g/mol. The number of ether oxygens (including phenoxy) is 1. The average molecular weight is 359 g/mol. The molecule has 1 N–H and O–H groups in total. The molecular weight excluding hydrogens is 330 g/mol. The third kappa shape index (κ3) is 4.62. The van der Waals surface area contributed by atoms with Crippen molar-refractivity contribution in [2.45, 2.75) is 26.2 Å². The van der Waals surface area contributed by atoms with E-state index in [0.29, 0.717) is 19.5 Å². The molecule has 142 valence electrons. The molecule has 26 heavy (non-hydrogen) atoms. The Morgan fingerprint density at radius 3 is 2.62 bits per heavy atom. The first-order valence-corrected chi connectivity index (χ1v) is 9.67. The van der Waals surface area contributed by atoms with Crippen molar-refractivity contribution in [1.29, 1.82) is 0 Å². The maximum absolute atomic E-state index is 12.6. The molecule has 1 atom stereocenters. The van der Waals surface area contributed by atoms with Crippen LogP contribution in [-0.2, 0) is 20.7 Å². The summed E-state index contributed by atoms with van der Waals surface area (Å²) in [6, 6.07) is 8.03. The second-order valence-corrected chi connectivity index (χ2v) is 6.95. The minimum Gasteiger partial charge on any atom is -0.379 e. The van der Waals surface area contributed by atoms with Gasteiger partial charge in [0.2, 0.25) is 11.8 Å². The summed E-state index contributed by atoms with van der Waals surface area (Å²) < 4.78 is 5.33. The number of nitrogens with one attached hydrogen (secondary N) is 1. The predicted molar refractivity (Wildman–Crippen MR) is 101 cm³/mol. The van der Waals surface area contributed by atoms with Gasteiger partial charge in [-0.1, -0.05) is 19.1 Å². The Morgan fingerprint density at radius 1 is 1.19 bits per heavy atom. The number of anilines is 1. The topological polar surface area (TPSA) is 61.9 Å². The van der Waals surface area contributed by atoms with Gasteiger partial charge in [-0.3, -0.25) is 14.5 Å². The Bertz CT molecular complexity index is 611. The van der Waals surface area contributed by atoms with Gasteiger partial charge in [-0.05, 0) is 43.5 Å². The standard InChI is InChI=1S/C20H29N3O3/c1-2-16-4-6-17(7-5-16)23-11-8-18(20(23)25)19(24)21-9-3-10-22-12-14-26-15-13-22/h4-7,18H,2-3,8-15H2,1H3,(H,21,24)/t18-/m0/s1. The zero-order valence-corrected chi connectivity index (χ0v) is 15.6. The minimum absolute atomic E-state index is 0.0834. The number of rotatable bonds is 7. The average Bonchev–Trinajstić information content (AvgIpc) is 3.07. The molecule has 2 fully saturated rings. The molecule has 2 aliphatic rings. The van der Waals surface area contributed by atoms with Crippen LogP contribution in [-0.4, -0.2) is 62.7 Å². The Hall–Kier alpha value is -1.92. The number of nitrogens with zero attached hydrogens (tertiary/aromatic N) is 2. The SMILES string of the molecule is CCc1ccc(N2CC[C@@H](C(=O)NCCCN3CCOCC3)C2=O)cc1. The van der Waals surface area contributed by atoms with Crippen LogP contribution in [0.1, 0.15) is 25.3 Å². The molecule has 2 saturated heterocycles. The summed E-state index contributed by atoms with van der Waals surface area (Å²) in [5, 5.41) is 2.94. The third-order valence-electron chi connectivity index (χ3n) is 5.23. The molecule has 2 aliphatic heterocycles. The number of morpholine rings is 1. The number of hydrogen-bond acceptors (Lipinski definition) is 4. The highest BCUT2D eigenvalue weighted by Crippen LogP contribution is 2.25. The minimum atomic E-state index is -0.552. The summed E-state index contributed by atoms with van der Waals surface area (Å²) in [7, 11) is 0. The lowest BCUT2D eigenvalue weighted by Crippen LogP contribution is -2.40. The van der Waals surface area contributed by atoms with Gasteiger partial charge in [-0.2, -0.15) is 0 Å². The number of benzene rings is 1. The Labute approximate surface area is 155 Å². The second kappa shape index (κ2) is 9.14. The van der Waals surface area contributed by atoms with Gasteiger partial charge in [-0.25, -0.2) is 0 Å². The van der Waals surface area contributed by atoms with Gasteiger partial charge in [-0.15, -0.1) is 0 Å². The van der Waals surface area contributed by atoms with Crippen LogP contribution in [0.2, 0.25) is 0 Å². The van der Waals surface area contributed by atoms with Crippen molar-refractivity contribution in [3.8, 4) is 0 Å². The second-order valence-electron chi connectivity index (χ2n) is 6.95. The third-order valence-corrected chi connectivity index (χ3v) is 5.23. The van der Waals surface area contributed by atoms with Crippen LogP contribution in [0.25, 0.3) is 0 Å². The van der Waals surface area contributed by atoms with Crippen molar-refractivity contribution in [1.82, 2.24) is 10.2 Å². The predicted octanol–water partition coefficient (Wildman–Crippen LogP) is 1.44. The number of carbonyl (C=O) groups is 2. The lowest BCUT2D eigenvalue weighted by atomic mass is 10.1. The van der Waals surface area contributed by atoms with E-state index in [0.717, 1.165) is 51.4 Å². The Kier molecular flexibility index (Phi) is 6.63. The molecule has 1 aromatic carbocycles. The van der Waals surface area contributed by atoms with Crippen molar-refractivity contribution in [2.75, 3.05) is 50.8 Å². The smallest absolute Gasteiger partial charge is 0.239 e.